The van der Waals surface area contributed by atoms with E-state index < -0.39 is 18.7 Å². The van der Waals surface area contributed by atoms with Crippen LogP contribution in [0.1, 0.15) is 10.5 Å². The lowest BCUT2D eigenvalue weighted by Gasteiger charge is -2.11. The topological polar surface area (TPSA) is 70.1 Å². The Bertz CT molecular complexity index is 592. The number of nitrogens with two attached hydrogens (primary N) is 1. The lowest BCUT2D eigenvalue weighted by molar-refractivity contribution is -0.173. The van der Waals surface area contributed by atoms with Crippen LogP contribution >= 0.6 is 0 Å². The minimum absolute atomic E-state index is 0.107. The van der Waals surface area contributed by atoms with Crippen LogP contribution in [0.15, 0.2) is 24.4 Å². The fraction of sp³-hybridized carbons (Fsp3) is 0.200. The molecule has 5 nitrogen and oxygen atoms in total. The van der Waals surface area contributed by atoms with Gasteiger partial charge in [-0.3, -0.25) is 4.79 Å². The van der Waals surface area contributed by atoms with Gasteiger partial charge >= 0.3 is 6.18 Å². The maximum absolute atomic E-state index is 12.1. The molecule has 0 saturated carbocycles. The molecule has 0 fully saturated rings. The maximum Gasteiger partial charge on any atom is 0.425 e. The number of rotatable bonds is 3. The number of aromatic nitrogens is 2. The Labute approximate surface area is 98.9 Å². The number of hydrogen-bond donors (Lipinski definition) is 1. The van der Waals surface area contributed by atoms with Gasteiger partial charge in [-0.2, -0.15) is 17.9 Å². The predicted molar refractivity (Wildman–Crippen MR) is 55.8 cm³/mol. The van der Waals surface area contributed by atoms with Crippen molar-refractivity contribution in [3.63, 3.8) is 0 Å². The van der Waals surface area contributed by atoms with E-state index in [-0.39, 0.29) is 11.3 Å². The number of hydrogen-bond acceptors (Lipinski definition) is 3. The smallest absolute Gasteiger partial charge is 0.402 e. The van der Waals surface area contributed by atoms with E-state index in [0.29, 0.717) is 10.1 Å². The van der Waals surface area contributed by atoms with Crippen LogP contribution < -0.4 is 10.6 Å². The number of alkyl halides is 3. The molecule has 0 spiro atoms. The fourth-order valence-corrected chi connectivity index (χ4v) is 1.45. The molecule has 0 aliphatic heterocycles. The summed E-state index contributed by atoms with van der Waals surface area (Å²) >= 11 is 0. The molecule has 2 N–H and O–H groups in total. The van der Waals surface area contributed by atoms with E-state index >= 15 is 0 Å². The summed E-state index contributed by atoms with van der Waals surface area (Å²) in [6, 6.07) is 4.49. The number of carbonyl (C=O) groups is 1. The third-order valence-electron chi connectivity index (χ3n) is 2.13. The molecule has 18 heavy (non-hydrogen) atoms. The summed E-state index contributed by atoms with van der Waals surface area (Å²) in [6.07, 6.45) is -3.14. The molecular formula is C10H8F3N3O2. The van der Waals surface area contributed by atoms with Crippen molar-refractivity contribution in [1.29, 1.82) is 0 Å². The van der Waals surface area contributed by atoms with Gasteiger partial charge in [0.1, 0.15) is 5.69 Å². The van der Waals surface area contributed by atoms with Gasteiger partial charge < -0.3 is 10.6 Å². The van der Waals surface area contributed by atoms with E-state index in [2.05, 4.69) is 9.82 Å². The van der Waals surface area contributed by atoms with Crippen LogP contribution in [0, 0.1) is 0 Å². The van der Waals surface area contributed by atoms with Crippen LogP contribution in [0.5, 0.6) is 0 Å². The van der Waals surface area contributed by atoms with Crippen molar-refractivity contribution in [2.45, 2.75) is 6.18 Å². The largest absolute Gasteiger partial charge is 0.425 e. The van der Waals surface area contributed by atoms with Gasteiger partial charge in [0.2, 0.25) is 6.61 Å². The summed E-state index contributed by atoms with van der Waals surface area (Å²) in [5.74, 6) is -0.893. The standard InChI is InChI=1S/C10H8F3N3O2/c11-10(12,13)5-18-16-7(8(14)17)4-6-2-1-3-15-9(6)16/h1-4H,5H2,(H2,14,17). The third-order valence-corrected chi connectivity index (χ3v) is 2.13. The molecule has 0 bridgehead atoms. The lowest BCUT2D eigenvalue weighted by Crippen LogP contribution is -2.29. The summed E-state index contributed by atoms with van der Waals surface area (Å²) < 4.78 is 37.0. The average molecular weight is 259 g/mol. The van der Waals surface area contributed by atoms with Crippen molar-refractivity contribution in [1.82, 2.24) is 9.71 Å². The second-order valence-electron chi connectivity index (χ2n) is 3.49. The Morgan fingerprint density at radius 1 is 1.50 bits per heavy atom. The van der Waals surface area contributed by atoms with E-state index in [1.807, 2.05) is 0 Å². The number of halogens is 3. The van der Waals surface area contributed by atoms with Gasteiger partial charge in [-0.05, 0) is 18.2 Å². The highest BCUT2D eigenvalue weighted by Crippen LogP contribution is 2.18. The fourth-order valence-electron chi connectivity index (χ4n) is 1.45. The molecule has 2 aromatic heterocycles. The van der Waals surface area contributed by atoms with Crippen LogP contribution in [-0.4, -0.2) is 28.4 Å². The molecule has 2 rings (SSSR count). The van der Waals surface area contributed by atoms with E-state index in [1.165, 1.54) is 12.3 Å². The molecule has 0 aromatic carbocycles. The molecular weight excluding hydrogens is 251 g/mol. The summed E-state index contributed by atoms with van der Waals surface area (Å²) in [7, 11) is 0. The van der Waals surface area contributed by atoms with Gasteiger partial charge in [0.15, 0.2) is 5.65 Å². The zero-order valence-electron chi connectivity index (χ0n) is 8.94. The highest BCUT2D eigenvalue weighted by atomic mass is 19.4. The number of nitrogens with zero attached hydrogens (tertiary/aromatic N) is 2. The minimum atomic E-state index is -4.51. The summed E-state index contributed by atoms with van der Waals surface area (Å²) in [6.45, 7) is -1.53. The molecule has 0 saturated heterocycles. The molecule has 0 unspecified atom stereocenters. The number of carbonyl (C=O) groups excluding carboxylic acids is 1. The monoisotopic (exact) mass is 259 g/mol. The van der Waals surface area contributed by atoms with Gasteiger partial charge in [0.05, 0.1) is 0 Å². The van der Waals surface area contributed by atoms with Crippen LogP contribution in [0.4, 0.5) is 13.2 Å². The third kappa shape index (κ3) is 2.36. The number of primary amides is 1. The molecule has 2 heterocycles. The first-order chi connectivity index (χ1) is 8.38. The molecule has 0 aliphatic rings. The van der Waals surface area contributed by atoms with Crippen molar-refractivity contribution in [3.8, 4) is 0 Å². The normalized spacial score (nSPS) is 11.7. The van der Waals surface area contributed by atoms with Crippen LogP contribution in [0.25, 0.3) is 11.0 Å². The van der Waals surface area contributed by atoms with Gasteiger partial charge in [0.25, 0.3) is 5.91 Å². The second kappa shape index (κ2) is 4.21. The van der Waals surface area contributed by atoms with Crippen molar-refractivity contribution in [2.75, 3.05) is 6.61 Å². The Hall–Kier alpha value is -2.25. The number of pyridine rings is 1. The predicted octanol–water partition coefficient (Wildman–Crippen LogP) is 1.13. The zero-order valence-corrected chi connectivity index (χ0v) is 8.94. The molecule has 8 heteroatoms. The minimum Gasteiger partial charge on any atom is -0.402 e. The molecule has 0 aliphatic carbocycles. The lowest BCUT2D eigenvalue weighted by atomic mass is 10.3. The molecule has 0 atom stereocenters. The van der Waals surface area contributed by atoms with E-state index in [4.69, 9.17) is 5.73 Å². The first-order valence-corrected chi connectivity index (χ1v) is 4.85. The quantitative estimate of drug-likeness (QED) is 0.898. The van der Waals surface area contributed by atoms with Crippen molar-refractivity contribution >= 4 is 16.9 Å². The van der Waals surface area contributed by atoms with Crippen LogP contribution in [-0.2, 0) is 0 Å². The molecule has 0 radical (unpaired) electrons. The maximum atomic E-state index is 12.1. The highest BCUT2D eigenvalue weighted by molar-refractivity contribution is 5.96. The second-order valence-corrected chi connectivity index (χ2v) is 3.49. The van der Waals surface area contributed by atoms with Gasteiger partial charge in [-0.1, -0.05) is 0 Å². The zero-order chi connectivity index (χ0) is 13.3. The highest BCUT2D eigenvalue weighted by Gasteiger charge is 2.30. The van der Waals surface area contributed by atoms with Crippen molar-refractivity contribution < 1.29 is 22.8 Å². The Balaban J connectivity index is 2.45. The Morgan fingerprint density at radius 3 is 2.83 bits per heavy atom. The average Bonchev–Trinajstić information content (AvgIpc) is 2.64. The molecule has 1 amide bonds. The summed E-state index contributed by atoms with van der Waals surface area (Å²) in [5, 5.41) is 0.466. The Morgan fingerprint density at radius 2 is 2.22 bits per heavy atom. The summed E-state index contributed by atoms with van der Waals surface area (Å²) in [5.41, 5.74) is 4.99. The first kappa shape index (κ1) is 12.2. The van der Waals surface area contributed by atoms with E-state index in [1.54, 1.807) is 12.1 Å². The number of amides is 1. The van der Waals surface area contributed by atoms with Gasteiger partial charge in [-0.25, -0.2) is 4.98 Å². The van der Waals surface area contributed by atoms with Gasteiger partial charge in [-0.15, -0.1) is 0 Å². The molecule has 96 valence electrons. The molecule has 2 aromatic rings. The summed E-state index contributed by atoms with van der Waals surface area (Å²) in [4.78, 5) is 19.5. The van der Waals surface area contributed by atoms with Gasteiger partial charge in [0, 0.05) is 11.6 Å². The first-order valence-electron chi connectivity index (χ1n) is 4.85. The van der Waals surface area contributed by atoms with Crippen LogP contribution in [0.3, 0.4) is 0 Å². The van der Waals surface area contributed by atoms with E-state index in [9.17, 15) is 18.0 Å². The van der Waals surface area contributed by atoms with E-state index in [0.717, 1.165) is 0 Å². The van der Waals surface area contributed by atoms with Crippen molar-refractivity contribution in [2.24, 2.45) is 5.73 Å². The van der Waals surface area contributed by atoms with Crippen molar-refractivity contribution in [3.05, 3.63) is 30.1 Å². The van der Waals surface area contributed by atoms with Crippen LogP contribution in [0.2, 0.25) is 0 Å². The number of fused-ring (bicyclic) bond motifs is 1. The SMILES string of the molecule is NC(=O)c1cc2cccnc2n1OCC(F)(F)F. The Kier molecular flexibility index (Phi) is 2.85.